The Morgan fingerprint density at radius 2 is 1.71 bits per heavy atom. The summed E-state index contributed by atoms with van der Waals surface area (Å²) in [4.78, 5) is 22.4. The van der Waals surface area contributed by atoms with Crippen molar-refractivity contribution in [1.82, 2.24) is 10.6 Å². The molecule has 1 unspecified atom stereocenters. The van der Waals surface area contributed by atoms with Crippen LogP contribution in [0.2, 0.25) is 0 Å². The van der Waals surface area contributed by atoms with Crippen molar-refractivity contribution in [3.05, 3.63) is 0 Å². The molecule has 3 amide bonds. The molecule has 1 aliphatic heterocycles. The van der Waals surface area contributed by atoms with Crippen molar-refractivity contribution in [2.45, 2.75) is 58.9 Å². The first-order valence-corrected chi connectivity index (χ1v) is 6.82. The first kappa shape index (κ1) is 14.0. The first-order chi connectivity index (χ1) is 8.20. The summed E-state index contributed by atoms with van der Waals surface area (Å²) in [6, 6.07) is -0.599. The van der Waals surface area contributed by atoms with E-state index in [4.69, 9.17) is 0 Å². The molecule has 0 aromatic heterocycles. The van der Waals surface area contributed by atoms with Crippen molar-refractivity contribution in [3.8, 4) is 0 Å². The molecule has 1 saturated carbocycles. The van der Waals surface area contributed by atoms with Gasteiger partial charge in [0.05, 0.1) is 0 Å². The quantitative estimate of drug-likeness (QED) is 0.728. The zero-order valence-corrected chi connectivity index (χ0v) is 11.1. The molecule has 0 spiro atoms. The fraction of sp³-hybridized carbons (Fsp3) is 0.846. The van der Waals surface area contributed by atoms with Gasteiger partial charge in [-0.1, -0.05) is 40.0 Å². The van der Waals surface area contributed by atoms with E-state index in [1.165, 1.54) is 19.3 Å². The highest BCUT2D eigenvalue weighted by Gasteiger charge is 2.37. The summed E-state index contributed by atoms with van der Waals surface area (Å²) in [6.07, 6.45) is 5.76. The van der Waals surface area contributed by atoms with Gasteiger partial charge in [0.15, 0.2) is 0 Å². The van der Waals surface area contributed by atoms with Gasteiger partial charge in [0.25, 0.3) is 5.91 Å². The molecule has 2 fully saturated rings. The monoisotopic (exact) mass is 240 g/mol. The molecule has 2 N–H and O–H groups in total. The van der Waals surface area contributed by atoms with Crippen molar-refractivity contribution in [3.63, 3.8) is 0 Å². The average molecular weight is 240 g/mol. The Kier molecular flexibility index (Phi) is 5.45. The van der Waals surface area contributed by atoms with E-state index in [-0.39, 0.29) is 18.0 Å². The maximum absolute atomic E-state index is 11.4. The average Bonchev–Trinajstić information content (AvgIpc) is 2.71. The number of amides is 3. The minimum atomic E-state index is -0.331. The van der Waals surface area contributed by atoms with Crippen LogP contribution in [0.3, 0.4) is 0 Å². The predicted octanol–water partition coefficient (Wildman–Crippen LogP) is 2.44. The number of hydrogen-bond acceptors (Lipinski definition) is 2. The highest BCUT2D eigenvalue weighted by molar-refractivity contribution is 6.04. The molecule has 98 valence electrons. The maximum atomic E-state index is 11.4. The van der Waals surface area contributed by atoms with Crippen LogP contribution in [-0.2, 0) is 4.79 Å². The van der Waals surface area contributed by atoms with Gasteiger partial charge in [-0.2, -0.15) is 0 Å². The molecule has 1 saturated heterocycles. The van der Waals surface area contributed by atoms with Crippen LogP contribution in [0.25, 0.3) is 0 Å². The molecule has 0 aromatic rings. The van der Waals surface area contributed by atoms with Gasteiger partial charge >= 0.3 is 6.03 Å². The molecule has 1 atom stereocenters. The van der Waals surface area contributed by atoms with Crippen LogP contribution in [0.1, 0.15) is 52.9 Å². The van der Waals surface area contributed by atoms with Crippen LogP contribution in [0.5, 0.6) is 0 Å². The second kappa shape index (κ2) is 6.62. The number of hydrogen-bond donors (Lipinski definition) is 2. The zero-order chi connectivity index (χ0) is 12.8. The Balaban J connectivity index is 0.000000686. The SMILES string of the molecule is CC.CCC1CCC(C2NC(=O)NC2=O)CC1. The minimum absolute atomic E-state index is 0.139. The van der Waals surface area contributed by atoms with E-state index in [2.05, 4.69) is 17.6 Å². The molecule has 2 rings (SSSR count). The molecule has 0 radical (unpaired) electrons. The van der Waals surface area contributed by atoms with Gasteiger partial charge < -0.3 is 5.32 Å². The van der Waals surface area contributed by atoms with Crippen LogP contribution in [0, 0.1) is 11.8 Å². The van der Waals surface area contributed by atoms with Crippen LogP contribution >= 0.6 is 0 Å². The number of carbonyl (C=O) groups excluding carboxylic acids is 2. The highest BCUT2D eigenvalue weighted by atomic mass is 16.2. The van der Waals surface area contributed by atoms with E-state index in [1.807, 2.05) is 13.8 Å². The predicted molar refractivity (Wildman–Crippen MR) is 67.5 cm³/mol. The Bertz CT molecular complexity index is 271. The van der Waals surface area contributed by atoms with Gasteiger partial charge in [-0.25, -0.2) is 4.79 Å². The zero-order valence-electron chi connectivity index (χ0n) is 11.1. The summed E-state index contributed by atoms with van der Waals surface area (Å²) < 4.78 is 0. The first-order valence-electron chi connectivity index (χ1n) is 6.82. The Morgan fingerprint density at radius 3 is 2.12 bits per heavy atom. The van der Waals surface area contributed by atoms with E-state index in [1.54, 1.807) is 0 Å². The summed E-state index contributed by atoms with van der Waals surface area (Å²) in [5.41, 5.74) is 0. The lowest BCUT2D eigenvalue weighted by atomic mass is 9.77. The Labute approximate surface area is 104 Å². The molecule has 4 heteroatoms. The molecular formula is C13H24N2O2. The van der Waals surface area contributed by atoms with Gasteiger partial charge in [-0.05, 0) is 24.7 Å². The van der Waals surface area contributed by atoms with Gasteiger partial charge in [0.2, 0.25) is 0 Å². The molecule has 1 aliphatic carbocycles. The minimum Gasteiger partial charge on any atom is -0.326 e. The highest BCUT2D eigenvalue weighted by Crippen LogP contribution is 2.33. The van der Waals surface area contributed by atoms with E-state index >= 15 is 0 Å². The normalized spacial score (nSPS) is 32.3. The number of nitrogens with one attached hydrogen (secondary N) is 2. The van der Waals surface area contributed by atoms with Crippen LogP contribution < -0.4 is 10.6 Å². The fourth-order valence-electron chi connectivity index (χ4n) is 2.69. The molecule has 0 bridgehead atoms. The Morgan fingerprint density at radius 1 is 1.12 bits per heavy atom. The van der Waals surface area contributed by atoms with E-state index < -0.39 is 0 Å². The van der Waals surface area contributed by atoms with E-state index in [0.717, 1.165) is 18.8 Å². The number of rotatable bonds is 2. The van der Waals surface area contributed by atoms with Gasteiger partial charge in [0, 0.05) is 0 Å². The third-order valence-corrected chi connectivity index (χ3v) is 3.75. The largest absolute Gasteiger partial charge is 0.326 e. The number of imide groups is 1. The molecule has 17 heavy (non-hydrogen) atoms. The Hall–Kier alpha value is -1.06. The fourth-order valence-corrected chi connectivity index (χ4v) is 2.69. The molecule has 4 nitrogen and oxygen atoms in total. The molecule has 0 aromatic carbocycles. The number of carbonyl (C=O) groups is 2. The lowest BCUT2D eigenvalue weighted by Crippen LogP contribution is -2.38. The third-order valence-electron chi connectivity index (χ3n) is 3.75. The second-order valence-corrected chi connectivity index (χ2v) is 4.63. The summed E-state index contributed by atoms with van der Waals surface area (Å²) in [7, 11) is 0. The van der Waals surface area contributed by atoms with Crippen molar-refractivity contribution in [1.29, 1.82) is 0 Å². The second-order valence-electron chi connectivity index (χ2n) is 4.63. The lowest BCUT2D eigenvalue weighted by Gasteiger charge is -2.30. The smallest absolute Gasteiger partial charge is 0.322 e. The number of urea groups is 1. The van der Waals surface area contributed by atoms with Gasteiger partial charge in [-0.3, -0.25) is 10.1 Å². The maximum Gasteiger partial charge on any atom is 0.322 e. The third kappa shape index (κ3) is 3.45. The molecule has 1 heterocycles. The van der Waals surface area contributed by atoms with E-state index in [9.17, 15) is 9.59 Å². The van der Waals surface area contributed by atoms with Crippen molar-refractivity contribution in [2.24, 2.45) is 11.8 Å². The standard InChI is InChI=1S/C11H18N2O2.C2H6/c1-2-7-3-5-8(6-4-7)9-10(14)13-11(15)12-9;1-2/h7-9H,2-6H2,1H3,(H2,12,13,14,15);1-2H3. The van der Waals surface area contributed by atoms with Gasteiger partial charge in [0.1, 0.15) is 6.04 Å². The van der Waals surface area contributed by atoms with Gasteiger partial charge in [-0.15, -0.1) is 0 Å². The van der Waals surface area contributed by atoms with E-state index in [0.29, 0.717) is 5.92 Å². The molecular weight excluding hydrogens is 216 g/mol. The summed E-state index contributed by atoms with van der Waals surface area (Å²) in [5.74, 6) is 1.03. The van der Waals surface area contributed by atoms with Crippen molar-refractivity contribution < 1.29 is 9.59 Å². The summed E-state index contributed by atoms with van der Waals surface area (Å²) in [6.45, 7) is 6.22. The molecule has 2 aliphatic rings. The summed E-state index contributed by atoms with van der Waals surface area (Å²) in [5, 5.41) is 5.01. The van der Waals surface area contributed by atoms with Crippen LogP contribution in [0.4, 0.5) is 4.79 Å². The van der Waals surface area contributed by atoms with Crippen molar-refractivity contribution >= 4 is 11.9 Å². The topological polar surface area (TPSA) is 58.2 Å². The van der Waals surface area contributed by atoms with Crippen LogP contribution in [-0.4, -0.2) is 18.0 Å². The van der Waals surface area contributed by atoms with Crippen LogP contribution in [0.15, 0.2) is 0 Å². The lowest BCUT2D eigenvalue weighted by molar-refractivity contribution is -0.121. The van der Waals surface area contributed by atoms with Crippen molar-refractivity contribution in [2.75, 3.05) is 0 Å². The summed E-state index contributed by atoms with van der Waals surface area (Å²) >= 11 is 0.